The Balaban J connectivity index is 0.00000420. The van der Waals surface area contributed by atoms with Gasteiger partial charge in [0.2, 0.25) is 0 Å². The summed E-state index contributed by atoms with van der Waals surface area (Å²) in [5.41, 5.74) is 4.21. The minimum Gasteiger partial charge on any atom is -0.372 e. The monoisotopic (exact) mass is 690 g/mol. The van der Waals surface area contributed by atoms with E-state index in [2.05, 4.69) is 21.9 Å². The zero-order chi connectivity index (χ0) is 35.4. The third kappa shape index (κ3) is 6.16. The summed E-state index contributed by atoms with van der Waals surface area (Å²) in [5.74, 6) is -0.621. The first-order chi connectivity index (χ1) is 24.7. The summed E-state index contributed by atoms with van der Waals surface area (Å²) in [5, 5.41) is 12.4. The summed E-state index contributed by atoms with van der Waals surface area (Å²) in [4.78, 5) is 47.5. The van der Waals surface area contributed by atoms with Crippen LogP contribution in [-0.4, -0.2) is 98.1 Å². The number of hydrogen-bond acceptors (Lipinski definition) is 7. The first-order valence-electron chi connectivity index (χ1n) is 17.9. The molecule has 0 radical (unpaired) electrons. The Hall–Kier alpha value is -5.07. The van der Waals surface area contributed by atoms with Crippen molar-refractivity contribution in [3.05, 3.63) is 108 Å². The van der Waals surface area contributed by atoms with Crippen LogP contribution < -0.4 is 10.2 Å². The van der Waals surface area contributed by atoms with Crippen molar-refractivity contribution >= 4 is 23.5 Å². The number of hydrogen-bond donors (Lipinski definition) is 1. The Morgan fingerprint density at radius 1 is 1.10 bits per heavy atom. The number of nitrogens with zero attached hydrogens (tertiary/aromatic N) is 7. The average Bonchev–Trinajstić information content (AvgIpc) is 3.71. The van der Waals surface area contributed by atoms with Crippen LogP contribution in [0.25, 0.3) is 5.69 Å². The maximum absolute atomic E-state index is 14.5. The predicted molar refractivity (Wildman–Crippen MR) is 194 cm³/mol. The molecule has 3 saturated heterocycles. The van der Waals surface area contributed by atoms with Crippen molar-refractivity contribution in [1.29, 1.82) is 0 Å². The van der Waals surface area contributed by atoms with Gasteiger partial charge in [-0.05, 0) is 56.0 Å². The van der Waals surface area contributed by atoms with Gasteiger partial charge in [0, 0.05) is 70.4 Å². The van der Waals surface area contributed by atoms with Crippen molar-refractivity contribution in [1.82, 2.24) is 34.7 Å². The van der Waals surface area contributed by atoms with E-state index in [-0.39, 0.29) is 37.2 Å². The molecule has 3 amide bonds. The normalized spacial score (nSPS) is 23.3. The second kappa shape index (κ2) is 13.2. The van der Waals surface area contributed by atoms with E-state index in [0.29, 0.717) is 30.5 Å². The molecular formula is C39H46N8O4. The number of ether oxygens (including phenoxy) is 1. The SMILES string of the molecule is C=C(C(=O)N(C)Cc1cccc([C@@H]2c3cnn(-c4ccccc4)c3N(CC)C(=O)[C@H]2NC(=O)c2ccn(C3CC3)n2)c1)C(C)N1CC2CC(C1)O2.[HH]. The van der Waals surface area contributed by atoms with Crippen LogP contribution in [0.3, 0.4) is 0 Å². The number of fused-ring (bicyclic) bond motifs is 3. The maximum Gasteiger partial charge on any atom is 0.272 e. The Bertz CT molecular complexity index is 1970. The van der Waals surface area contributed by atoms with Crippen molar-refractivity contribution in [3.8, 4) is 5.69 Å². The summed E-state index contributed by atoms with van der Waals surface area (Å²) in [7, 11) is 1.79. The smallest absolute Gasteiger partial charge is 0.272 e. The van der Waals surface area contributed by atoms with Crippen LogP contribution in [0.1, 0.15) is 73.7 Å². The molecule has 9 rings (SSSR count). The molecule has 2 aromatic heterocycles. The van der Waals surface area contributed by atoms with Gasteiger partial charge in [-0.25, -0.2) is 4.68 Å². The van der Waals surface area contributed by atoms with Crippen molar-refractivity contribution in [3.63, 3.8) is 0 Å². The minimum absolute atomic E-state index is 0. The second-order valence-electron chi connectivity index (χ2n) is 14.3. The molecule has 5 atom stereocenters. The Labute approximate surface area is 299 Å². The van der Waals surface area contributed by atoms with Gasteiger partial charge in [0.15, 0.2) is 0 Å². The predicted octanol–water partition coefficient (Wildman–Crippen LogP) is 4.32. The number of rotatable bonds is 11. The minimum atomic E-state index is -0.917. The van der Waals surface area contributed by atoms with E-state index in [1.165, 1.54) is 0 Å². The van der Waals surface area contributed by atoms with E-state index in [1.807, 2.05) is 79.3 Å². The molecule has 2 aromatic carbocycles. The van der Waals surface area contributed by atoms with E-state index in [4.69, 9.17) is 9.84 Å². The third-order valence-corrected chi connectivity index (χ3v) is 10.8. The number of morpholine rings is 1. The third-order valence-electron chi connectivity index (χ3n) is 10.8. The van der Waals surface area contributed by atoms with E-state index in [9.17, 15) is 14.4 Å². The van der Waals surface area contributed by atoms with E-state index < -0.39 is 17.9 Å². The number of para-hydroxylation sites is 1. The van der Waals surface area contributed by atoms with Gasteiger partial charge >= 0.3 is 0 Å². The lowest BCUT2D eigenvalue weighted by molar-refractivity contribution is -0.185. The molecule has 266 valence electrons. The highest BCUT2D eigenvalue weighted by Gasteiger charge is 2.45. The summed E-state index contributed by atoms with van der Waals surface area (Å²) in [6.45, 7) is 10.5. The first-order valence-corrected chi connectivity index (χ1v) is 17.9. The molecule has 4 aliphatic heterocycles. The molecule has 4 fully saturated rings. The largest absolute Gasteiger partial charge is 0.372 e. The summed E-state index contributed by atoms with van der Waals surface area (Å²) in [6.07, 6.45) is 7.31. The van der Waals surface area contributed by atoms with Gasteiger partial charge in [0.25, 0.3) is 17.7 Å². The first kappa shape index (κ1) is 33.1. The summed E-state index contributed by atoms with van der Waals surface area (Å²) < 4.78 is 9.41. The van der Waals surface area contributed by atoms with Gasteiger partial charge in [-0.3, -0.25) is 28.9 Å². The molecule has 3 unspecified atom stereocenters. The highest BCUT2D eigenvalue weighted by atomic mass is 16.5. The zero-order valence-corrected chi connectivity index (χ0v) is 29.3. The molecule has 1 N–H and O–H groups in total. The topological polar surface area (TPSA) is 118 Å². The zero-order valence-electron chi connectivity index (χ0n) is 29.3. The number of anilines is 1. The van der Waals surface area contributed by atoms with Crippen LogP contribution in [0.2, 0.25) is 0 Å². The lowest BCUT2D eigenvalue weighted by Gasteiger charge is -2.49. The van der Waals surface area contributed by atoms with Crippen LogP contribution in [-0.2, 0) is 20.9 Å². The molecule has 4 aromatic rings. The molecule has 2 bridgehead atoms. The van der Waals surface area contributed by atoms with Gasteiger partial charge in [0.05, 0.1) is 30.1 Å². The fraction of sp³-hybridized carbons (Fsp3) is 0.410. The van der Waals surface area contributed by atoms with Crippen molar-refractivity contribution in [2.75, 3.05) is 31.6 Å². The summed E-state index contributed by atoms with van der Waals surface area (Å²) >= 11 is 0. The number of carbonyl (C=O) groups is 3. The molecule has 51 heavy (non-hydrogen) atoms. The van der Waals surface area contributed by atoms with Crippen molar-refractivity contribution in [2.24, 2.45) is 0 Å². The van der Waals surface area contributed by atoms with Gasteiger partial charge in [-0.2, -0.15) is 10.2 Å². The number of likely N-dealkylation sites (N-methyl/N-ethyl adjacent to an activating group) is 2. The van der Waals surface area contributed by atoms with Crippen LogP contribution in [0.4, 0.5) is 5.82 Å². The van der Waals surface area contributed by atoms with Gasteiger partial charge in [-0.1, -0.05) is 49.0 Å². The molecule has 5 aliphatic rings. The highest BCUT2D eigenvalue weighted by molar-refractivity contribution is 6.04. The number of nitrogens with one attached hydrogen (secondary N) is 1. The van der Waals surface area contributed by atoms with Gasteiger partial charge in [0.1, 0.15) is 17.6 Å². The molecule has 12 heteroatoms. The Kier molecular flexibility index (Phi) is 8.59. The maximum atomic E-state index is 14.5. The van der Waals surface area contributed by atoms with Gasteiger partial charge in [-0.15, -0.1) is 0 Å². The average molecular weight is 691 g/mol. The fourth-order valence-electron chi connectivity index (χ4n) is 7.81. The Morgan fingerprint density at radius 3 is 2.55 bits per heavy atom. The van der Waals surface area contributed by atoms with Crippen LogP contribution in [0.15, 0.2) is 85.2 Å². The molecule has 12 nitrogen and oxygen atoms in total. The van der Waals surface area contributed by atoms with Crippen LogP contribution >= 0.6 is 0 Å². The summed E-state index contributed by atoms with van der Waals surface area (Å²) in [6, 6.07) is 18.7. The molecule has 0 spiro atoms. The quantitative estimate of drug-likeness (QED) is 0.233. The lowest BCUT2D eigenvalue weighted by atomic mass is 9.82. The van der Waals surface area contributed by atoms with E-state index in [0.717, 1.165) is 54.7 Å². The molecule has 1 saturated carbocycles. The highest BCUT2D eigenvalue weighted by Crippen LogP contribution is 2.42. The molecular weight excluding hydrogens is 644 g/mol. The Morgan fingerprint density at radius 2 is 1.84 bits per heavy atom. The van der Waals surface area contributed by atoms with Crippen LogP contribution in [0, 0.1) is 0 Å². The van der Waals surface area contributed by atoms with Crippen molar-refractivity contribution in [2.45, 2.75) is 75.9 Å². The second-order valence-corrected chi connectivity index (χ2v) is 14.3. The number of benzene rings is 2. The number of aromatic nitrogens is 4. The number of amides is 3. The molecule has 1 aliphatic carbocycles. The standard InChI is InChI=1S/C39H44N8O4.H2/c1-5-45-37-32(20-40-47(37)29-12-7-6-8-13-29)34(35(39(45)50)41-36(48)33-16-17-46(42-33)28-14-15-28)27-11-9-10-26(18-27)21-43(4)38(49)24(2)25(3)44-22-30-19-31(23-44)51-30;/h6-13,16-18,20,25,28,30-31,34-35H,2,5,14-15,19,21-23H2,1,3-4H3,(H,41,48);1H/t25?,30?,31?,34-,35+;/m1./s1. The lowest BCUT2D eigenvalue weighted by Crippen LogP contribution is -2.60. The van der Waals surface area contributed by atoms with E-state index in [1.54, 1.807) is 33.8 Å². The number of piperidine rings is 1. The fourth-order valence-corrected chi connectivity index (χ4v) is 7.81. The van der Waals surface area contributed by atoms with Crippen LogP contribution in [0.5, 0.6) is 0 Å². The molecule has 6 heterocycles. The number of carbonyl (C=O) groups excluding carboxylic acids is 3. The van der Waals surface area contributed by atoms with E-state index >= 15 is 0 Å². The van der Waals surface area contributed by atoms with Gasteiger partial charge < -0.3 is 15.0 Å². The van der Waals surface area contributed by atoms with Crippen molar-refractivity contribution < 1.29 is 20.5 Å².